The van der Waals surface area contributed by atoms with E-state index in [2.05, 4.69) is 24.9 Å². The third-order valence-electron chi connectivity index (χ3n) is 2.99. The fraction of sp³-hybridized carbons (Fsp3) is 0.455. The summed E-state index contributed by atoms with van der Waals surface area (Å²) in [5, 5.41) is 0. The van der Waals surface area contributed by atoms with Crippen molar-refractivity contribution in [3.8, 4) is 0 Å². The van der Waals surface area contributed by atoms with Crippen LogP contribution in [-0.4, -0.2) is 26.0 Å². The van der Waals surface area contributed by atoms with Crippen LogP contribution in [0.1, 0.15) is 16.4 Å². The number of hydrogen-bond acceptors (Lipinski definition) is 4. The van der Waals surface area contributed by atoms with Crippen LogP contribution in [0.2, 0.25) is 0 Å². The van der Waals surface area contributed by atoms with Crippen molar-refractivity contribution in [2.24, 2.45) is 7.05 Å². The van der Waals surface area contributed by atoms with Gasteiger partial charge in [-0.25, -0.2) is 9.97 Å². The maximum Gasteiger partial charge on any atom is 0.152 e. The lowest BCUT2D eigenvalue weighted by Crippen LogP contribution is -2.30. The maximum absolute atomic E-state index is 4.35. The second-order valence-corrected chi connectivity index (χ2v) is 4.97. The highest BCUT2D eigenvalue weighted by molar-refractivity contribution is 7.09. The number of aryl methyl sites for hydroxylation is 1. The second-order valence-electron chi connectivity index (χ2n) is 4.09. The zero-order valence-electron chi connectivity index (χ0n) is 9.18. The van der Waals surface area contributed by atoms with Gasteiger partial charge in [-0.2, -0.15) is 0 Å². The molecule has 0 saturated heterocycles. The number of imidazole rings is 1. The number of fused-ring (bicyclic) bond motifs is 1. The molecule has 83 valence electrons. The largest absolute Gasteiger partial charge is 0.337 e. The van der Waals surface area contributed by atoms with E-state index in [0.717, 1.165) is 31.9 Å². The van der Waals surface area contributed by atoms with E-state index in [-0.39, 0.29) is 0 Å². The van der Waals surface area contributed by atoms with E-state index in [1.807, 2.05) is 19.4 Å². The van der Waals surface area contributed by atoms with Crippen LogP contribution in [0.25, 0.3) is 0 Å². The minimum Gasteiger partial charge on any atom is -0.337 e. The molecule has 0 aromatic carbocycles. The Labute approximate surface area is 98.6 Å². The van der Waals surface area contributed by atoms with E-state index in [9.17, 15) is 0 Å². The van der Waals surface area contributed by atoms with Gasteiger partial charge in [0.25, 0.3) is 0 Å². The van der Waals surface area contributed by atoms with Crippen molar-refractivity contribution in [1.82, 2.24) is 19.4 Å². The Hall–Kier alpha value is -1.20. The monoisotopic (exact) mass is 233 g/mol. The number of thiazole rings is 1. The minimum atomic E-state index is 0.918. The van der Waals surface area contributed by atoms with Crippen LogP contribution in [0.5, 0.6) is 0 Å². The van der Waals surface area contributed by atoms with Gasteiger partial charge in [0.1, 0.15) is 5.82 Å². The summed E-state index contributed by atoms with van der Waals surface area (Å²) in [6.07, 6.45) is 4.89. The van der Waals surface area contributed by atoms with Gasteiger partial charge in [0.05, 0.1) is 12.2 Å². The van der Waals surface area contributed by atoms with Crippen molar-refractivity contribution in [1.29, 1.82) is 0 Å². The first kappa shape index (κ1) is 9.99. The van der Waals surface area contributed by atoms with Crippen LogP contribution < -0.4 is 0 Å². The van der Waals surface area contributed by atoms with Crippen molar-refractivity contribution < 1.29 is 0 Å². The molecular formula is C11H13N4S. The zero-order chi connectivity index (χ0) is 11.0. The van der Waals surface area contributed by atoms with Gasteiger partial charge in [0, 0.05) is 43.8 Å². The number of rotatable bonds is 2. The average Bonchev–Trinajstić information content (AvgIpc) is 2.88. The molecular weight excluding hydrogens is 220 g/mol. The Kier molecular flexibility index (Phi) is 2.49. The van der Waals surface area contributed by atoms with Gasteiger partial charge in [-0.1, -0.05) is 0 Å². The molecule has 1 aliphatic rings. The van der Waals surface area contributed by atoms with Gasteiger partial charge in [0.2, 0.25) is 0 Å². The number of aromatic nitrogens is 3. The van der Waals surface area contributed by atoms with E-state index < -0.39 is 0 Å². The Bertz CT molecular complexity index is 488. The third-order valence-corrected chi connectivity index (χ3v) is 3.78. The van der Waals surface area contributed by atoms with E-state index in [1.165, 1.54) is 10.6 Å². The SMILES string of the molecule is Cn1ccnc1CN1CCc2n[c]sc2C1. The zero-order valence-corrected chi connectivity index (χ0v) is 10.00. The van der Waals surface area contributed by atoms with E-state index in [0.29, 0.717) is 0 Å². The van der Waals surface area contributed by atoms with E-state index in [1.54, 1.807) is 11.3 Å². The van der Waals surface area contributed by atoms with Crippen LogP contribution in [0.3, 0.4) is 0 Å². The molecule has 3 rings (SSSR count). The summed E-state index contributed by atoms with van der Waals surface area (Å²) in [7, 11) is 2.04. The Morgan fingerprint density at radius 2 is 2.50 bits per heavy atom. The van der Waals surface area contributed by atoms with Gasteiger partial charge < -0.3 is 4.57 Å². The van der Waals surface area contributed by atoms with Gasteiger partial charge in [-0.3, -0.25) is 4.90 Å². The highest BCUT2D eigenvalue weighted by Gasteiger charge is 2.19. The lowest BCUT2D eigenvalue weighted by Gasteiger charge is -2.25. The van der Waals surface area contributed by atoms with Crippen molar-refractivity contribution in [2.45, 2.75) is 19.5 Å². The first-order valence-corrected chi connectivity index (χ1v) is 6.18. The molecule has 0 spiro atoms. The summed E-state index contributed by atoms with van der Waals surface area (Å²) in [6.45, 7) is 2.97. The molecule has 0 bridgehead atoms. The van der Waals surface area contributed by atoms with Gasteiger partial charge >= 0.3 is 0 Å². The number of hydrogen-bond donors (Lipinski definition) is 0. The molecule has 0 fully saturated rings. The predicted octanol–water partition coefficient (Wildman–Crippen LogP) is 1.24. The Morgan fingerprint density at radius 1 is 1.56 bits per heavy atom. The molecule has 1 aliphatic heterocycles. The quantitative estimate of drug-likeness (QED) is 0.782. The maximum atomic E-state index is 4.35. The summed E-state index contributed by atoms with van der Waals surface area (Å²) in [5.41, 5.74) is 4.21. The molecule has 0 N–H and O–H groups in total. The molecule has 2 aromatic heterocycles. The second kappa shape index (κ2) is 3.99. The molecule has 0 unspecified atom stereocenters. The van der Waals surface area contributed by atoms with Crippen molar-refractivity contribution in [3.63, 3.8) is 0 Å². The normalized spacial score (nSPS) is 16.3. The van der Waals surface area contributed by atoms with E-state index in [4.69, 9.17) is 0 Å². The highest BCUT2D eigenvalue weighted by atomic mass is 32.1. The average molecular weight is 233 g/mol. The lowest BCUT2D eigenvalue weighted by atomic mass is 10.2. The summed E-state index contributed by atoms with van der Waals surface area (Å²) in [5.74, 6) is 1.12. The van der Waals surface area contributed by atoms with Crippen molar-refractivity contribution in [2.75, 3.05) is 6.54 Å². The van der Waals surface area contributed by atoms with Crippen molar-refractivity contribution >= 4 is 11.3 Å². The minimum absolute atomic E-state index is 0.918. The number of nitrogens with zero attached hydrogens (tertiary/aromatic N) is 4. The van der Waals surface area contributed by atoms with Crippen LogP contribution in [0.4, 0.5) is 0 Å². The Balaban J connectivity index is 1.73. The molecule has 2 aromatic rings. The molecule has 1 radical (unpaired) electrons. The molecule has 0 amide bonds. The topological polar surface area (TPSA) is 34.0 Å². The Morgan fingerprint density at radius 3 is 3.31 bits per heavy atom. The smallest absolute Gasteiger partial charge is 0.152 e. The molecule has 3 heterocycles. The van der Waals surface area contributed by atoms with Crippen molar-refractivity contribution in [3.05, 3.63) is 34.3 Å². The van der Waals surface area contributed by atoms with Crippen LogP contribution in [0.15, 0.2) is 12.4 Å². The van der Waals surface area contributed by atoms with Crippen LogP contribution in [-0.2, 0) is 26.6 Å². The first-order valence-electron chi connectivity index (χ1n) is 5.36. The highest BCUT2D eigenvalue weighted by Crippen LogP contribution is 2.22. The summed E-state index contributed by atoms with van der Waals surface area (Å²) >= 11 is 1.64. The fourth-order valence-corrected chi connectivity index (χ4v) is 2.78. The van der Waals surface area contributed by atoms with Gasteiger partial charge in [0.15, 0.2) is 5.51 Å². The summed E-state index contributed by atoms with van der Waals surface area (Å²) in [6, 6.07) is 0. The van der Waals surface area contributed by atoms with Crippen LogP contribution >= 0.6 is 11.3 Å². The first-order chi connectivity index (χ1) is 7.83. The van der Waals surface area contributed by atoms with E-state index >= 15 is 0 Å². The molecule has 5 heteroatoms. The lowest BCUT2D eigenvalue weighted by molar-refractivity contribution is 0.238. The third kappa shape index (κ3) is 1.76. The van der Waals surface area contributed by atoms with Crippen LogP contribution in [0, 0.1) is 5.51 Å². The molecule has 4 nitrogen and oxygen atoms in total. The predicted molar refractivity (Wildman–Crippen MR) is 62.0 cm³/mol. The molecule has 0 atom stereocenters. The molecule has 0 aliphatic carbocycles. The summed E-state index contributed by atoms with van der Waals surface area (Å²) < 4.78 is 2.08. The molecule has 16 heavy (non-hydrogen) atoms. The fourth-order valence-electron chi connectivity index (χ4n) is 2.00. The standard InChI is InChI=1S/C11H13N4S/c1-14-5-3-12-11(14)7-15-4-2-9-10(6-15)16-8-13-9/h3,5H,2,4,6-7H2,1H3. The molecule has 0 saturated carbocycles. The summed E-state index contributed by atoms with van der Waals surface area (Å²) in [4.78, 5) is 12.4. The van der Waals surface area contributed by atoms with Gasteiger partial charge in [-0.15, -0.1) is 11.3 Å². The van der Waals surface area contributed by atoms with Gasteiger partial charge in [-0.05, 0) is 0 Å².